The first-order valence-corrected chi connectivity index (χ1v) is 22.5. The molecule has 10 N–H and O–H groups in total. The van der Waals surface area contributed by atoms with Gasteiger partial charge in [0.25, 0.3) is 5.91 Å². The number of nitrogens with two attached hydrogens (primary N) is 1. The lowest BCUT2D eigenvalue weighted by molar-refractivity contribution is -0.0449. The van der Waals surface area contributed by atoms with Crippen LogP contribution < -0.4 is 16.7 Å². The Morgan fingerprint density at radius 1 is 0.849 bits per heavy atom. The second-order valence-electron chi connectivity index (χ2n) is 9.82. The van der Waals surface area contributed by atoms with Gasteiger partial charge in [-0.15, -0.1) is 0 Å². The lowest BCUT2D eigenvalue weighted by Crippen LogP contribution is -2.28. The molecule has 0 radical (unpaired) electrons. The van der Waals surface area contributed by atoms with Gasteiger partial charge < -0.3 is 50.3 Å². The molecule has 1 saturated heterocycles. The predicted molar refractivity (Wildman–Crippen MR) is 168 cm³/mol. The number of nitrogen functional groups attached to an aromatic ring is 1. The first-order valence-electron chi connectivity index (χ1n) is 13.6. The lowest BCUT2D eigenvalue weighted by Gasteiger charge is -2.21. The molecule has 298 valence electrons. The van der Waals surface area contributed by atoms with Gasteiger partial charge in [0.1, 0.15) is 24.4 Å². The molecule has 53 heavy (non-hydrogen) atoms. The molecule has 1 amide bonds. The van der Waals surface area contributed by atoms with E-state index in [4.69, 9.17) is 10.5 Å². The van der Waals surface area contributed by atoms with Gasteiger partial charge >= 0.3 is 52.6 Å². The molecule has 7 unspecified atom stereocenters. The second kappa shape index (κ2) is 17.7. The normalized spacial score (nSPS) is 24.3. The van der Waals surface area contributed by atoms with Gasteiger partial charge in [0.05, 0.1) is 19.3 Å². The maximum absolute atomic E-state index is 12.2. The monoisotopic (exact) mass is 882 g/mol. The van der Waals surface area contributed by atoms with Crippen LogP contribution in [0.25, 0.3) is 0 Å². The predicted octanol–water partition coefficient (Wildman–Crippen LogP) is 0.435. The van der Waals surface area contributed by atoms with Crippen LogP contribution in [0.4, 0.5) is 5.82 Å². The van der Waals surface area contributed by atoms with Crippen molar-refractivity contribution in [1.29, 1.82) is 0 Å². The van der Waals surface area contributed by atoms with Gasteiger partial charge in [0, 0.05) is 30.3 Å². The quantitative estimate of drug-likeness (QED) is 0.0494. The first-order chi connectivity index (χ1) is 24.2. The first kappa shape index (κ1) is 45.2. The number of hydrogen-bond donors (Lipinski definition) is 9. The zero-order valence-electron chi connectivity index (χ0n) is 25.8. The summed E-state index contributed by atoms with van der Waals surface area (Å²) in [5.41, 5.74) is 4.80. The van der Waals surface area contributed by atoms with Crippen LogP contribution in [0.5, 0.6) is 0 Å². The standard InChI is InChI=1S/C19H28N4O24P6/c20-16-5-7-23(19(27)22-16)17-9-14(25)15(42-17)11-41-49(30,31)44-51(34,35)46-53(38,39)47-52(36,37)45-50(32,33)43-48(28,29)40-8-6-21-18(26)13-3-1-12(10-24)2-4-13/h1-5,7,10,14-15,17,25H,6,8-9,11H2,(H,21,26)(H,28,29)(H,30,31)(H,32,33)(H,34,35)(H,36,37)(H,38,39)(H2,20,22,27)/t14?,15-,17-/m1/s1. The van der Waals surface area contributed by atoms with Crippen LogP contribution in [-0.2, 0) is 62.7 Å². The van der Waals surface area contributed by atoms with Crippen LogP contribution in [0.3, 0.4) is 0 Å². The minimum absolute atomic E-state index is 0.0534. The molecule has 1 aromatic carbocycles. The number of aliphatic hydroxyl groups excluding tert-OH is 1. The van der Waals surface area contributed by atoms with Gasteiger partial charge in [-0.3, -0.25) is 23.2 Å². The molecule has 34 heteroatoms. The van der Waals surface area contributed by atoms with Crippen LogP contribution in [-0.4, -0.2) is 88.2 Å². The maximum Gasteiger partial charge on any atom is 0.490 e. The molecule has 1 aliphatic heterocycles. The molecule has 1 aromatic heterocycles. The number of hydrogen-bond acceptors (Lipinski definition) is 20. The molecule has 1 fully saturated rings. The number of ether oxygens (including phenoxy) is 1. The summed E-state index contributed by atoms with van der Waals surface area (Å²) in [6.07, 6.45) is -2.76. The summed E-state index contributed by atoms with van der Waals surface area (Å²) >= 11 is 0. The number of carbonyl (C=O) groups is 2. The summed E-state index contributed by atoms with van der Waals surface area (Å²) in [6, 6.07) is 6.36. The minimum atomic E-state index is -6.50. The van der Waals surface area contributed by atoms with Gasteiger partial charge in [0.15, 0.2) is 0 Å². The number of nitrogens with zero attached hydrogens (tertiary/aromatic N) is 2. The summed E-state index contributed by atoms with van der Waals surface area (Å²) in [4.78, 5) is 96.0. The summed E-state index contributed by atoms with van der Waals surface area (Å²) in [6.45, 7) is -2.53. The number of nitrogens with one attached hydrogen (secondary N) is 1. The highest BCUT2D eigenvalue weighted by molar-refractivity contribution is 7.72. The van der Waals surface area contributed by atoms with Crippen LogP contribution in [0, 0.1) is 0 Å². The van der Waals surface area contributed by atoms with Gasteiger partial charge in [-0.2, -0.15) is 26.5 Å². The Morgan fingerprint density at radius 3 is 1.83 bits per heavy atom. The van der Waals surface area contributed by atoms with E-state index in [0.717, 1.165) is 10.8 Å². The van der Waals surface area contributed by atoms with E-state index in [2.05, 4.69) is 40.9 Å². The Bertz CT molecular complexity index is 2010. The van der Waals surface area contributed by atoms with E-state index in [1.165, 1.54) is 30.3 Å². The summed E-state index contributed by atoms with van der Waals surface area (Å²) in [7, 11) is -37.1. The van der Waals surface area contributed by atoms with Gasteiger partial charge in [0.2, 0.25) is 0 Å². The van der Waals surface area contributed by atoms with Crippen molar-refractivity contribution in [3.63, 3.8) is 0 Å². The number of phosphoric acid groups is 6. The van der Waals surface area contributed by atoms with E-state index >= 15 is 0 Å². The highest BCUT2D eigenvalue weighted by Crippen LogP contribution is 2.75. The lowest BCUT2D eigenvalue weighted by atomic mass is 10.1. The van der Waals surface area contributed by atoms with Crippen molar-refractivity contribution in [2.24, 2.45) is 0 Å². The average molecular weight is 882 g/mol. The number of rotatable bonds is 20. The SMILES string of the molecule is Nc1ccn([C@H]2CC(O)[C@@H](COP(=O)(O)OP(=O)(O)OP(=O)(O)OP(=O)(O)OP(=O)(O)OP(=O)(O)OCCNC(=O)c3ccc(C=O)cc3)O2)c(=O)n1. The Labute approximate surface area is 295 Å². The number of phosphoric ester groups is 2. The third-order valence-electron chi connectivity index (χ3n) is 5.75. The summed E-state index contributed by atoms with van der Waals surface area (Å²) < 4.78 is 105. The number of aromatic nitrogens is 2. The molecule has 0 spiro atoms. The van der Waals surface area contributed by atoms with Crippen molar-refractivity contribution in [2.75, 3.05) is 25.5 Å². The average Bonchev–Trinajstić information content (AvgIpc) is 3.34. The van der Waals surface area contributed by atoms with E-state index in [1.54, 1.807) is 0 Å². The molecule has 9 atom stereocenters. The van der Waals surface area contributed by atoms with Gasteiger partial charge in [-0.05, 0) is 18.2 Å². The van der Waals surface area contributed by atoms with Crippen molar-refractivity contribution in [3.05, 3.63) is 58.1 Å². The van der Waals surface area contributed by atoms with E-state index in [-0.39, 0.29) is 23.4 Å². The van der Waals surface area contributed by atoms with Crippen LogP contribution >= 0.6 is 46.9 Å². The molecular weight excluding hydrogens is 854 g/mol. The highest BCUT2D eigenvalue weighted by atomic mass is 31.3. The second-order valence-corrected chi connectivity index (χ2v) is 19.2. The molecule has 2 aromatic rings. The van der Waals surface area contributed by atoms with Crippen molar-refractivity contribution in [2.45, 2.75) is 24.9 Å². The zero-order chi connectivity index (χ0) is 40.0. The van der Waals surface area contributed by atoms with Crippen molar-refractivity contribution in [1.82, 2.24) is 14.9 Å². The topological polar surface area (TPSA) is 425 Å². The maximum atomic E-state index is 12.2. The van der Waals surface area contributed by atoms with Crippen molar-refractivity contribution < 1.29 is 107 Å². The minimum Gasteiger partial charge on any atom is -0.390 e. The van der Waals surface area contributed by atoms with Gasteiger partial charge in [-0.25, -0.2) is 32.2 Å². The summed E-state index contributed by atoms with van der Waals surface area (Å²) in [5.74, 6) is -0.885. The van der Waals surface area contributed by atoms with E-state index in [1.807, 2.05) is 0 Å². The van der Waals surface area contributed by atoms with Gasteiger partial charge in [-0.1, -0.05) is 12.1 Å². The molecule has 0 bridgehead atoms. The van der Waals surface area contributed by atoms with Crippen LogP contribution in [0.15, 0.2) is 41.3 Å². The van der Waals surface area contributed by atoms with Crippen molar-refractivity contribution in [3.8, 4) is 0 Å². The fourth-order valence-corrected chi connectivity index (χ4v) is 11.5. The number of anilines is 1. The van der Waals surface area contributed by atoms with E-state index < -0.39 is 96.7 Å². The molecule has 2 heterocycles. The Hall–Kier alpha value is -2.18. The largest absolute Gasteiger partial charge is 0.490 e. The Kier molecular flexibility index (Phi) is 15.1. The molecule has 1 aliphatic rings. The number of amides is 1. The van der Waals surface area contributed by atoms with Crippen molar-refractivity contribution >= 4 is 64.9 Å². The zero-order valence-corrected chi connectivity index (χ0v) is 31.2. The Morgan fingerprint density at radius 2 is 1.34 bits per heavy atom. The summed E-state index contributed by atoms with van der Waals surface area (Å²) in [5, 5.41) is 12.3. The molecule has 0 saturated carbocycles. The molecular formula is C19H28N4O24P6. The number of benzene rings is 1. The fraction of sp³-hybridized carbons (Fsp3) is 0.368. The van der Waals surface area contributed by atoms with Crippen LogP contribution in [0.1, 0.15) is 33.4 Å². The van der Waals surface area contributed by atoms with E-state index in [9.17, 15) is 76.2 Å². The number of aldehydes is 1. The molecule has 28 nitrogen and oxygen atoms in total. The fourth-order valence-electron chi connectivity index (χ4n) is 3.75. The van der Waals surface area contributed by atoms with Crippen LogP contribution in [0.2, 0.25) is 0 Å². The number of carbonyl (C=O) groups excluding carboxylic acids is 2. The number of aliphatic hydroxyl groups is 1. The smallest absolute Gasteiger partial charge is 0.390 e. The molecule has 0 aliphatic carbocycles. The molecule has 3 rings (SSSR count). The highest BCUT2D eigenvalue weighted by Gasteiger charge is 2.50. The third kappa shape index (κ3) is 15.1. The Balaban J connectivity index is 1.49. The third-order valence-corrected chi connectivity index (χ3v) is 15.0. The van der Waals surface area contributed by atoms with E-state index in [0.29, 0.717) is 6.29 Å².